The van der Waals surface area contributed by atoms with Gasteiger partial charge in [-0.15, -0.1) is 0 Å². The van der Waals surface area contributed by atoms with Crippen LogP contribution in [0.3, 0.4) is 0 Å². The third-order valence-corrected chi connectivity index (χ3v) is 7.47. The van der Waals surface area contributed by atoms with Gasteiger partial charge in [0.25, 0.3) is 0 Å². The summed E-state index contributed by atoms with van der Waals surface area (Å²) in [5, 5.41) is 9.91. The number of imidazole rings is 1. The molecule has 5 rings (SSSR count). The van der Waals surface area contributed by atoms with Gasteiger partial charge in [-0.3, -0.25) is 4.99 Å². The highest BCUT2D eigenvalue weighted by Crippen LogP contribution is 2.60. The molecule has 2 aliphatic heterocycles. The number of dihydropyridines is 1. The van der Waals surface area contributed by atoms with E-state index in [1.165, 1.54) is 22.3 Å². The van der Waals surface area contributed by atoms with E-state index < -0.39 is 11.4 Å². The van der Waals surface area contributed by atoms with Crippen molar-refractivity contribution in [2.24, 2.45) is 4.99 Å². The van der Waals surface area contributed by atoms with E-state index in [1.54, 1.807) is 6.92 Å². The standard InChI is InChI=1S/C24H27N3O2/c1-13-17-19-23(5,11-25-13)21-26-14(2)18(20(28)29)27(21)12-24(19,6)16-10-8-7-9-15(16)22(17,3)4/h7-11,13H,12H2,1-6H3,(H,28,29). The zero-order chi connectivity index (χ0) is 20.9. The smallest absolute Gasteiger partial charge is 0.354 e. The zero-order valence-corrected chi connectivity index (χ0v) is 17.9. The van der Waals surface area contributed by atoms with Crippen molar-refractivity contribution in [3.05, 3.63) is 63.8 Å². The van der Waals surface area contributed by atoms with Gasteiger partial charge in [-0.25, -0.2) is 9.78 Å². The Morgan fingerprint density at radius 3 is 2.48 bits per heavy atom. The van der Waals surface area contributed by atoms with Gasteiger partial charge in [-0.05, 0) is 50.0 Å². The van der Waals surface area contributed by atoms with Crippen LogP contribution in [-0.2, 0) is 22.8 Å². The number of carbonyl (C=O) groups is 1. The lowest BCUT2D eigenvalue weighted by Crippen LogP contribution is -2.56. The van der Waals surface area contributed by atoms with Crippen molar-refractivity contribution in [1.29, 1.82) is 0 Å². The van der Waals surface area contributed by atoms with Gasteiger partial charge in [0.2, 0.25) is 0 Å². The summed E-state index contributed by atoms with van der Waals surface area (Å²) in [6.45, 7) is 13.5. The van der Waals surface area contributed by atoms with Crippen LogP contribution >= 0.6 is 0 Å². The molecule has 3 atom stereocenters. The number of allylic oxidation sites excluding steroid dienone is 1. The number of nitrogens with zero attached hydrogens (tertiary/aromatic N) is 3. The molecule has 3 aliphatic rings. The van der Waals surface area contributed by atoms with Gasteiger partial charge in [-0.1, -0.05) is 38.1 Å². The summed E-state index contributed by atoms with van der Waals surface area (Å²) in [5.74, 6) is -0.130. The Balaban J connectivity index is 1.95. The molecule has 0 amide bonds. The second kappa shape index (κ2) is 5.26. The molecule has 5 nitrogen and oxygen atoms in total. The van der Waals surface area contributed by atoms with E-state index in [4.69, 9.17) is 9.98 Å². The third kappa shape index (κ3) is 1.98. The highest BCUT2D eigenvalue weighted by atomic mass is 16.4. The SMILES string of the molecule is Cc1nc2n(c1C(=O)O)CC1(C)C3=C(C(C)N=CC32C)C(C)(C)c2ccccc21. The molecule has 3 unspecified atom stereocenters. The molecule has 0 saturated heterocycles. The molecule has 150 valence electrons. The first-order chi connectivity index (χ1) is 13.5. The van der Waals surface area contributed by atoms with Crippen LogP contribution < -0.4 is 0 Å². The normalized spacial score (nSPS) is 31.2. The minimum atomic E-state index is -0.924. The number of hydrogen-bond acceptors (Lipinski definition) is 3. The number of fused-ring (bicyclic) bond motifs is 4. The summed E-state index contributed by atoms with van der Waals surface area (Å²) in [4.78, 5) is 21.8. The number of aliphatic imine (C=N–C) groups is 1. The van der Waals surface area contributed by atoms with Crippen LogP contribution in [0.2, 0.25) is 0 Å². The molecule has 1 N–H and O–H groups in total. The molecule has 0 fully saturated rings. The van der Waals surface area contributed by atoms with Crippen LogP contribution in [-0.4, -0.2) is 32.9 Å². The Bertz CT molecular complexity index is 1150. The van der Waals surface area contributed by atoms with E-state index in [9.17, 15) is 9.90 Å². The molecule has 2 aromatic rings. The molecule has 0 bridgehead atoms. The third-order valence-electron chi connectivity index (χ3n) is 7.47. The number of carboxylic acids is 1. The topological polar surface area (TPSA) is 67.5 Å². The quantitative estimate of drug-likeness (QED) is 0.744. The minimum Gasteiger partial charge on any atom is -0.477 e. The molecule has 1 aromatic heterocycles. The predicted molar refractivity (Wildman–Crippen MR) is 113 cm³/mol. The van der Waals surface area contributed by atoms with Gasteiger partial charge in [0.15, 0.2) is 0 Å². The highest BCUT2D eigenvalue weighted by Gasteiger charge is 2.58. The Hall–Kier alpha value is -2.69. The maximum Gasteiger partial charge on any atom is 0.354 e. The summed E-state index contributed by atoms with van der Waals surface area (Å²) in [6.07, 6.45) is 2.02. The van der Waals surface area contributed by atoms with Gasteiger partial charge >= 0.3 is 5.97 Å². The van der Waals surface area contributed by atoms with E-state index in [2.05, 4.69) is 58.9 Å². The van der Waals surface area contributed by atoms with E-state index in [0.717, 1.165) is 5.82 Å². The second-order valence-electron chi connectivity index (χ2n) is 9.71. The number of carboxylic acid groups (broad SMARTS) is 1. The fourth-order valence-electron chi connectivity index (χ4n) is 6.43. The molecule has 1 aliphatic carbocycles. The number of aromatic nitrogens is 2. The second-order valence-corrected chi connectivity index (χ2v) is 9.71. The molecule has 0 radical (unpaired) electrons. The van der Waals surface area contributed by atoms with Crippen molar-refractivity contribution < 1.29 is 9.90 Å². The molecular weight excluding hydrogens is 362 g/mol. The number of aryl methyl sites for hydroxylation is 1. The van der Waals surface area contributed by atoms with Crippen LogP contribution in [0, 0.1) is 6.92 Å². The van der Waals surface area contributed by atoms with Gasteiger partial charge in [0.1, 0.15) is 11.5 Å². The minimum absolute atomic E-state index is 0.0855. The van der Waals surface area contributed by atoms with Crippen molar-refractivity contribution in [3.63, 3.8) is 0 Å². The van der Waals surface area contributed by atoms with Gasteiger partial charge in [0.05, 0.1) is 17.2 Å². The first kappa shape index (κ1) is 18.3. The highest BCUT2D eigenvalue weighted by molar-refractivity contribution is 5.89. The first-order valence-electron chi connectivity index (χ1n) is 10.2. The Labute approximate surface area is 171 Å². The lowest BCUT2D eigenvalue weighted by Gasteiger charge is -2.56. The van der Waals surface area contributed by atoms with Crippen molar-refractivity contribution in [3.8, 4) is 0 Å². The molecule has 29 heavy (non-hydrogen) atoms. The van der Waals surface area contributed by atoms with Gasteiger partial charge in [-0.2, -0.15) is 0 Å². The lowest BCUT2D eigenvalue weighted by atomic mass is 9.51. The fourth-order valence-corrected chi connectivity index (χ4v) is 6.43. The maximum absolute atomic E-state index is 12.1. The summed E-state index contributed by atoms with van der Waals surface area (Å²) in [6, 6.07) is 8.72. The lowest BCUT2D eigenvalue weighted by molar-refractivity contribution is 0.0681. The summed E-state index contributed by atoms with van der Waals surface area (Å²) in [7, 11) is 0. The van der Waals surface area contributed by atoms with Crippen LogP contribution in [0.15, 0.2) is 40.4 Å². The number of hydrogen-bond donors (Lipinski definition) is 1. The van der Waals surface area contributed by atoms with Crippen LogP contribution in [0.5, 0.6) is 0 Å². The van der Waals surface area contributed by atoms with E-state index in [0.29, 0.717) is 12.2 Å². The summed E-state index contributed by atoms with van der Waals surface area (Å²) < 4.78 is 1.93. The van der Waals surface area contributed by atoms with Gasteiger partial charge < -0.3 is 9.67 Å². The fraction of sp³-hybridized carbons (Fsp3) is 0.458. The Morgan fingerprint density at radius 1 is 1.17 bits per heavy atom. The van der Waals surface area contributed by atoms with Crippen molar-refractivity contribution in [1.82, 2.24) is 9.55 Å². The number of aromatic carboxylic acids is 1. The van der Waals surface area contributed by atoms with E-state index in [-0.39, 0.29) is 22.6 Å². The van der Waals surface area contributed by atoms with Crippen molar-refractivity contribution >= 4 is 12.2 Å². The van der Waals surface area contributed by atoms with Crippen molar-refractivity contribution in [2.45, 2.75) is 70.4 Å². The average molecular weight is 389 g/mol. The van der Waals surface area contributed by atoms with Gasteiger partial charge in [0, 0.05) is 23.6 Å². The summed E-state index contributed by atoms with van der Waals surface area (Å²) in [5.41, 5.74) is 5.16. The molecule has 0 spiro atoms. The first-order valence-corrected chi connectivity index (χ1v) is 10.2. The number of rotatable bonds is 1. The van der Waals surface area contributed by atoms with Crippen LogP contribution in [0.1, 0.15) is 67.8 Å². The Morgan fingerprint density at radius 2 is 1.83 bits per heavy atom. The van der Waals surface area contributed by atoms with E-state index >= 15 is 0 Å². The Kier molecular flexibility index (Phi) is 3.33. The van der Waals surface area contributed by atoms with Crippen molar-refractivity contribution in [2.75, 3.05) is 0 Å². The largest absolute Gasteiger partial charge is 0.477 e. The van der Waals surface area contributed by atoms with Crippen LogP contribution in [0.25, 0.3) is 0 Å². The molecule has 3 heterocycles. The molecule has 0 saturated carbocycles. The molecular formula is C24H27N3O2. The van der Waals surface area contributed by atoms with E-state index in [1.807, 2.05) is 10.8 Å². The molecule has 1 aromatic carbocycles. The predicted octanol–water partition coefficient (Wildman–Crippen LogP) is 4.18. The number of benzene rings is 1. The monoisotopic (exact) mass is 389 g/mol. The molecule has 5 heteroatoms. The average Bonchev–Trinajstić information content (AvgIpc) is 2.99. The van der Waals surface area contributed by atoms with Crippen LogP contribution in [0.4, 0.5) is 0 Å². The maximum atomic E-state index is 12.1. The zero-order valence-electron chi connectivity index (χ0n) is 17.9. The summed E-state index contributed by atoms with van der Waals surface area (Å²) >= 11 is 0.